The van der Waals surface area contributed by atoms with Crippen LogP contribution in [0.4, 0.5) is 13.2 Å². The van der Waals surface area contributed by atoms with Gasteiger partial charge in [-0.15, -0.1) is 13.2 Å². The molecule has 2 heterocycles. The van der Waals surface area contributed by atoms with E-state index in [0.29, 0.717) is 24.2 Å². The molecule has 0 radical (unpaired) electrons. The van der Waals surface area contributed by atoms with E-state index < -0.39 is 12.1 Å². The molecule has 0 spiro atoms. The highest BCUT2D eigenvalue weighted by Gasteiger charge is 2.32. The molecule has 2 aliphatic rings. The minimum Gasteiger partial charge on any atom is -0.457 e. The Bertz CT molecular complexity index is 1060. The molecular weight excluding hydrogens is 435 g/mol. The summed E-state index contributed by atoms with van der Waals surface area (Å²) in [4.78, 5) is 16.2. The summed E-state index contributed by atoms with van der Waals surface area (Å²) >= 11 is 0. The number of carbonyl (C=O) groups excluding carboxylic acids is 1. The predicted molar refractivity (Wildman–Crippen MR) is 114 cm³/mol. The number of nitriles is 1. The van der Waals surface area contributed by atoms with Crippen molar-refractivity contribution >= 4 is 5.97 Å². The van der Waals surface area contributed by atoms with Gasteiger partial charge >= 0.3 is 12.3 Å². The third-order valence-electron chi connectivity index (χ3n) is 6.04. The Hall–Kier alpha value is -3.09. The van der Waals surface area contributed by atoms with Crippen LogP contribution in [0.15, 0.2) is 36.4 Å². The average molecular weight is 459 g/mol. The molecule has 2 aromatic carbocycles. The molecule has 0 aromatic heterocycles. The molecule has 0 aliphatic carbocycles. The zero-order valence-corrected chi connectivity index (χ0v) is 18.0. The van der Waals surface area contributed by atoms with Crippen LogP contribution >= 0.6 is 0 Å². The first-order valence-electron chi connectivity index (χ1n) is 10.8. The maximum atomic E-state index is 12.6. The number of esters is 1. The quantitative estimate of drug-likeness (QED) is 0.591. The largest absolute Gasteiger partial charge is 0.573 e. The molecule has 0 N–H and O–H groups in total. The topological polar surface area (TPSA) is 65.8 Å². The Morgan fingerprint density at radius 1 is 0.970 bits per heavy atom. The van der Waals surface area contributed by atoms with Gasteiger partial charge in [0.2, 0.25) is 0 Å². The van der Waals surface area contributed by atoms with Crippen LogP contribution in [0, 0.1) is 11.3 Å². The lowest BCUT2D eigenvalue weighted by Gasteiger charge is -2.34. The van der Waals surface area contributed by atoms with E-state index in [4.69, 9.17) is 10.00 Å². The van der Waals surface area contributed by atoms with Gasteiger partial charge in [-0.25, -0.2) is 4.79 Å². The Morgan fingerprint density at radius 2 is 1.58 bits per heavy atom. The highest BCUT2D eigenvalue weighted by atomic mass is 19.4. The van der Waals surface area contributed by atoms with Crippen LogP contribution in [0.1, 0.15) is 32.6 Å². The lowest BCUT2D eigenvalue weighted by atomic mass is 10.0. The van der Waals surface area contributed by atoms with Gasteiger partial charge in [0.25, 0.3) is 0 Å². The summed E-state index contributed by atoms with van der Waals surface area (Å²) in [6, 6.07) is 11.9. The molecule has 4 rings (SSSR count). The van der Waals surface area contributed by atoms with Crippen molar-refractivity contribution in [2.24, 2.45) is 0 Å². The summed E-state index contributed by atoms with van der Waals surface area (Å²) in [5.74, 6) is -0.701. The second kappa shape index (κ2) is 9.81. The van der Waals surface area contributed by atoms with Crippen LogP contribution in [0.25, 0.3) is 0 Å². The van der Waals surface area contributed by atoms with E-state index in [2.05, 4.69) is 14.5 Å². The minimum atomic E-state index is -4.83. The second-order valence-corrected chi connectivity index (χ2v) is 8.24. The van der Waals surface area contributed by atoms with E-state index in [1.54, 1.807) is 12.1 Å². The van der Waals surface area contributed by atoms with E-state index in [0.717, 1.165) is 51.3 Å². The first-order chi connectivity index (χ1) is 15.8. The van der Waals surface area contributed by atoms with Gasteiger partial charge in [-0.1, -0.05) is 18.2 Å². The Labute approximate surface area is 190 Å². The number of cyclic esters (lactones) is 1. The third kappa shape index (κ3) is 6.03. The molecule has 33 heavy (non-hydrogen) atoms. The number of piperazine rings is 1. The van der Waals surface area contributed by atoms with Crippen LogP contribution in [0.2, 0.25) is 0 Å². The molecule has 9 heteroatoms. The van der Waals surface area contributed by atoms with Gasteiger partial charge in [-0.2, -0.15) is 5.26 Å². The lowest BCUT2D eigenvalue weighted by molar-refractivity contribution is -0.274. The Balaban J connectivity index is 1.23. The van der Waals surface area contributed by atoms with Crippen molar-refractivity contribution in [2.75, 3.05) is 39.3 Å². The molecule has 0 saturated carbocycles. The second-order valence-electron chi connectivity index (χ2n) is 8.24. The fraction of sp³-hybridized carbons (Fsp3) is 0.417. The maximum Gasteiger partial charge on any atom is 0.573 e. The summed E-state index contributed by atoms with van der Waals surface area (Å²) in [7, 11) is 0. The van der Waals surface area contributed by atoms with Crippen molar-refractivity contribution in [3.8, 4) is 11.8 Å². The Kier molecular flexibility index (Phi) is 6.86. The molecule has 2 aliphatic heterocycles. The van der Waals surface area contributed by atoms with E-state index in [9.17, 15) is 18.0 Å². The number of fused-ring (bicyclic) bond motifs is 1. The molecule has 0 amide bonds. The van der Waals surface area contributed by atoms with Gasteiger partial charge in [0, 0.05) is 44.8 Å². The molecule has 1 fully saturated rings. The average Bonchev–Trinajstić information content (AvgIpc) is 3.16. The number of nitrogens with zero attached hydrogens (tertiary/aromatic N) is 3. The van der Waals surface area contributed by atoms with Crippen molar-refractivity contribution in [3.05, 3.63) is 64.2 Å². The highest BCUT2D eigenvalue weighted by molar-refractivity contribution is 5.93. The minimum absolute atomic E-state index is 0.132. The number of ether oxygens (including phenoxy) is 2. The first-order valence-corrected chi connectivity index (χ1v) is 10.8. The highest BCUT2D eigenvalue weighted by Crippen LogP contribution is 2.27. The molecule has 0 unspecified atom stereocenters. The van der Waals surface area contributed by atoms with Crippen LogP contribution in [-0.2, 0) is 24.2 Å². The number of rotatable bonds is 7. The lowest BCUT2D eigenvalue weighted by Crippen LogP contribution is -2.47. The summed E-state index contributed by atoms with van der Waals surface area (Å²) in [5, 5.41) is 9.00. The third-order valence-corrected chi connectivity index (χ3v) is 6.04. The number of hydrogen-bond donors (Lipinski definition) is 0. The number of alkyl halides is 3. The Morgan fingerprint density at radius 3 is 2.18 bits per heavy atom. The van der Waals surface area contributed by atoms with Gasteiger partial charge in [0.05, 0.1) is 11.1 Å². The van der Waals surface area contributed by atoms with Crippen molar-refractivity contribution in [2.45, 2.75) is 25.8 Å². The van der Waals surface area contributed by atoms with Gasteiger partial charge in [-0.05, 0) is 42.2 Å². The van der Waals surface area contributed by atoms with Crippen LogP contribution in [-0.4, -0.2) is 61.4 Å². The molecule has 0 bridgehead atoms. The molecule has 2 aromatic rings. The number of benzene rings is 2. The fourth-order valence-electron chi connectivity index (χ4n) is 4.18. The molecule has 1 saturated heterocycles. The van der Waals surface area contributed by atoms with E-state index >= 15 is 0 Å². The summed E-state index contributed by atoms with van der Waals surface area (Å²) in [6.45, 7) is 5.61. The van der Waals surface area contributed by atoms with E-state index in [-0.39, 0.29) is 11.5 Å². The maximum absolute atomic E-state index is 12.6. The zero-order valence-electron chi connectivity index (χ0n) is 18.0. The van der Waals surface area contributed by atoms with Crippen molar-refractivity contribution in [3.63, 3.8) is 0 Å². The monoisotopic (exact) mass is 459 g/mol. The SMILES string of the molecule is N#Cc1ccc(CCN2CCN(CCc3ccc4c(c3)COC4=O)CC2)cc1OC(F)(F)F. The van der Waals surface area contributed by atoms with Gasteiger partial charge < -0.3 is 19.3 Å². The van der Waals surface area contributed by atoms with Gasteiger partial charge in [0.15, 0.2) is 0 Å². The standard InChI is InChI=1S/C24H24F3N3O3/c25-24(26,27)33-22-14-18(1-3-19(22)15-28)6-8-30-11-9-29(10-12-30)7-5-17-2-4-21-20(13-17)16-32-23(21)31/h1-4,13-14H,5-12,16H2. The van der Waals surface area contributed by atoms with Crippen LogP contribution < -0.4 is 4.74 Å². The normalized spacial score (nSPS) is 16.8. The first kappa shape index (κ1) is 23.1. The summed E-state index contributed by atoms with van der Waals surface area (Å²) in [6.07, 6.45) is -3.35. The van der Waals surface area contributed by atoms with Crippen LogP contribution in [0.3, 0.4) is 0 Å². The van der Waals surface area contributed by atoms with Crippen molar-refractivity contribution < 1.29 is 27.4 Å². The predicted octanol–water partition coefficient (Wildman–Crippen LogP) is 3.53. The zero-order chi connectivity index (χ0) is 23.4. The molecule has 6 nitrogen and oxygen atoms in total. The fourth-order valence-corrected chi connectivity index (χ4v) is 4.18. The summed E-state index contributed by atoms with van der Waals surface area (Å²) in [5.41, 5.74) is 3.37. The molecule has 0 atom stereocenters. The van der Waals surface area contributed by atoms with Gasteiger partial charge in [-0.3, -0.25) is 0 Å². The number of carbonyl (C=O) groups is 1. The van der Waals surface area contributed by atoms with Crippen molar-refractivity contribution in [1.29, 1.82) is 5.26 Å². The molecular formula is C24H24F3N3O3. The smallest absolute Gasteiger partial charge is 0.457 e. The summed E-state index contributed by atoms with van der Waals surface area (Å²) < 4.78 is 46.8. The van der Waals surface area contributed by atoms with Gasteiger partial charge in [0.1, 0.15) is 18.4 Å². The van der Waals surface area contributed by atoms with E-state index in [1.807, 2.05) is 18.2 Å². The van der Waals surface area contributed by atoms with Crippen LogP contribution in [0.5, 0.6) is 5.75 Å². The van der Waals surface area contributed by atoms with E-state index in [1.165, 1.54) is 17.7 Å². The molecule has 174 valence electrons. The van der Waals surface area contributed by atoms with Crippen molar-refractivity contribution in [1.82, 2.24) is 9.80 Å². The number of hydrogen-bond acceptors (Lipinski definition) is 6. The number of halogens is 3.